The molecule has 1 aliphatic rings. The van der Waals surface area contributed by atoms with Crippen LogP contribution in [0, 0.1) is 11.7 Å². The van der Waals surface area contributed by atoms with Gasteiger partial charge >= 0.3 is 0 Å². The van der Waals surface area contributed by atoms with E-state index in [0.717, 1.165) is 32.4 Å². The van der Waals surface area contributed by atoms with E-state index < -0.39 is 5.91 Å². The topological polar surface area (TPSA) is 66.6 Å². The van der Waals surface area contributed by atoms with Crippen molar-refractivity contribution in [1.82, 2.24) is 4.90 Å². The van der Waals surface area contributed by atoms with E-state index in [0.29, 0.717) is 18.0 Å². The molecule has 110 valence electrons. The number of carbonyl (C=O) groups is 1. The zero-order valence-electron chi connectivity index (χ0n) is 11.5. The molecule has 1 aromatic carbocycles. The Morgan fingerprint density at radius 3 is 2.95 bits per heavy atom. The minimum atomic E-state index is -0.614. The first-order valence-corrected chi connectivity index (χ1v) is 7.01. The molecule has 0 saturated carbocycles. The molecule has 20 heavy (non-hydrogen) atoms. The number of hydrogen-bond donors (Lipinski definition) is 2. The minimum absolute atomic E-state index is 0.197. The number of piperidine rings is 1. The fourth-order valence-electron chi connectivity index (χ4n) is 2.78. The van der Waals surface area contributed by atoms with E-state index in [-0.39, 0.29) is 18.0 Å². The normalized spacial score (nSPS) is 20.0. The molecule has 1 aromatic rings. The molecule has 1 unspecified atom stereocenters. The van der Waals surface area contributed by atoms with Crippen molar-refractivity contribution in [3.8, 4) is 0 Å². The predicted octanol–water partition coefficient (Wildman–Crippen LogP) is 1.52. The number of nitrogens with zero attached hydrogens (tertiary/aromatic N) is 1. The summed E-state index contributed by atoms with van der Waals surface area (Å²) in [5.74, 6) is -0.510. The third kappa shape index (κ3) is 3.77. The molecule has 0 aliphatic carbocycles. The van der Waals surface area contributed by atoms with Crippen LogP contribution in [0.15, 0.2) is 18.2 Å². The number of hydrogen-bond acceptors (Lipinski definition) is 3. The zero-order valence-corrected chi connectivity index (χ0v) is 11.5. The minimum Gasteiger partial charge on any atom is -0.396 e. The second-order valence-electron chi connectivity index (χ2n) is 5.43. The average Bonchev–Trinajstić information content (AvgIpc) is 2.42. The monoisotopic (exact) mass is 280 g/mol. The molecular weight excluding hydrogens is 259 g/mol. The fourth-order valence-corrected chi connectivity index (χ4v) is 2.78. The molecule has 1 heterocycles. The predicted molar refractivity (Wildman–Crippen MR) is 74.6 cm³/mol. The van der Waals surface area contributed by atoms with Gasteiger partial charge in [-0.3, -0.25) is 9.69 Å². The van der Waals surface area contributed by atoms with Gasteiger partial charge < -0.3 is 10.8 Å². The highest BCUT2D eigenvalue weighted by Gasteiger charge is 2.20. The van der Waals surface area contributed by atoms with Crippen LogP contribution in [-0.4, -0.2) is 35.6 Å². The Labute approximate surface area is 118 Å². The quantitative estimate of drug-likeness (QED) is 0.859. The standard InChI is InChI=1S/C15H21FN2O2/c16-14-8-12(15(17)20)3-4-13(14)10-18-6-1-2-11(9-18)5-7-19/h3-4,8,11,19H,1-2,5-7,9-10H2,(H2,17,20). The van der Waals surface area contributed by atoms with Gasteiger partial charge in [-0.25, -0.2) is 4.39 Å². The molecule has 4 nitrogen and oxygen atoms in total. The number of benzene rings is 1. The summed E-state index contributed by atoms with van der Waals surface area (Å²) in [5, 5.41) is 9.00. The van der Waals surface area contributed by atoms with E-state index >= 15 is 0 Å². The van der Waals surface area contributed by atoms with Crippen molar-refractivity contribution >= 4 is 5.91 Å². The number of carbonyl (C=O) groups excluding carboxylic acids is 1. The second-order valence-corrected chi connectivity index (χ2v) is 5.43. The molecule has 0 spiro atoms. The lowest BCUT2D eigenvalue weighted by molar-refractivity contribution is 0.0999. The zero-order chi connectivity index (χ0) is 14.5. The lowest BCUT2D eigenvalue weighted by Gasteiger charge is -2.32. The highest BCUT2D eigenvalue weighted by molar-refractivity contribution is 5.92. The first-order valence-electron chi connectivity index (χ1n) is 7.01. The number of halogens is 1. The maximum absolute atomic E-state index is 13.9. The van der Waals surface area contributed by atoms with Gasteiger partial charge in [0.05, 0.1) is 0 Å². The third-order valence-electron chi connectivity index (χ3n) is 3.87. The highest BCUT2D eigenvalue weighted by atomic mass is 19.1. The summed E-state index contributed by atoms with van der Waals surface area (Å²) >= 11 is 0. The summed E-state index contributed by atoms with van der Waals surface area (Å²) in [4.78, 5) is 13.2. The number of aliphatic hydroxyl groups is 1. The van der Waals surface area contributed by atoms with Gasteiger partial charge in [0.25, 0.3) is 0 Å². The van der Waals surface area contributed by atoms with Gasteiger partial charge in [-0.2, -0.15) is 0 Å². The molecule has 5 heteroatoms. The first-order chi connectivity index (χ1) is 9.60. The van der Waals surface area contributed by atoms with Gasteiger partial charge in [-0.15, -0.1) is 0 Å². The Bertz CT molecular complexity index is 477. The van der Waals surface area contributed by atoms with Gasteiger partial charge in [0.2, 0.25) is 5.91 Å². The van der Waals surface area contributed by atoms with Gasteiger partial charge in [0.1, 0.15) is 5.82 Å². The van der Waals surface area contributed by atoms with Crippen molar-refractivity contribution in [1.29, 1.82) is 0 Å². The van der Waals surface area contributed by atoms with E-state index in [1.165, 1.54) is 6.07 Å². The summed E-state index contributed by atoms with van der Waals surface area (Å²) in [6.45, 7) is 2.57. The molecule has 1 amide bonds. The van der Waals surface area contributed by atoms with Crippen molar-refractivity contribution < 1.29 is 14.3 Å². The average molecular weight is 280 g/mol. The number of nitrogens with two attached hydrogens (primary N) is 1. The summed E-state index contributed by atoms with van der Waals surface area (Å²) in [6, 6.07) is 4.40. The molecule has 2 rings (SSSR count). The Morgan fingerprint density at radius 1 is 1.50 bits per heavy atom. The van der Waals surface area contributed by atoms with Gasteiger partial charge in [-0.05, 0) is 43.9 Å². The van der Waals surface area contributed by atoms with Crippen LogP contribution in [0.5, 0.6) is 0 Å². The Hall–Kier alpha value is -1.46. The van der Waals surface area contributed by atoms with Crippen LogP contribution >= 0.6 is 0 Å². The van der Waals surface area contributed by atoms with Crippen LogP contribution in [0.1, 0.15) is 35.2 Å². The Morgan fingerprint density at radius 2 is 2.30 bits per heavy atom. The number of amides is 1. The molecule has 3 N–H and O–H groups in total. The van der Waals surface area contributed by atoms with Crippen molar-refractivity contribution in [2.45, 2.75) is 25.8 Å². The summed E-state index contributed by atoms with van der Waals surface area (Å²) in [6.07, 6.45) is 3.01. The molecule has 0 radical (unpaired) electrons. The van der Waals surface area contributed by atoms with Gasteiger partial charge in [0.15, 0.2) is 0 Å². The molecule has 1 fully saturated rings. The Kier molecular flexibility index (Phi) is 5.09. The molecule has 1 atom stereocenters. The largest absolute Gasteiger partial charge is 0.396 e. The first kappa shape index (κ1) is 14.9. The maximum atomic E-state index is 13.9. The van der Waals surface area contributed by atoms with Crippen LogP contribution in [0.2, 0.25) is 0 Å². The SMILES string of the molecule is NC(=O)c1ccc(CN2CCCC(CCO)C2)c(F)c1. The van der Waals surface area contributed by atoms with Crippen molar-refractivity contribution in [2.24, 2.45) is 11.7 Å². The van der Waals surface area contributed by atoms with Crippen LogP contribution in [0.25, 0.3) is 0 Å². The van der Waals surface area contributed by atoms with Crippen LogP contribution < -0.4 is 5.73 Å². The fraction of sp³-hybridized carbons (Fsp3) is 0.533. The lowest BCUT2D eigenvalue weighted by Crippen LogP contribution is -2.35. The smallest absolute Gasteiger partial charge is 0.248 e. The van der Waals surface area contributed by atoms with Crippen LogP contribution in [0.3, 0.4) is 0 Å². The molecule has 1 saturated heterocycles. The summed E-state index contributed by atoms with van der Waals surface area (Å²) in [7, 11) is 0. The highest BCUT2D eigenvalue weighted by Crippen LogP contribution is 2.22. The lowest BCUT2D eigenvalue weighted by atomic mass is 9.95. The van der Waals surface area contributed by atoms with Crippen molar-refractivity contribution in [3.63, 3.8) is 0 Å². The molecule has 0 aromatic heterocycles. The van der Waals surface area contributed by atoms with Crippen molar-refractivity contribution in [3.05, 3.63) is 35.1 Å². The van der Waals surface area contributed by atoms with Crippen LogP contribution in [-0.2, 0) is 6.54 Å². The number of likely N-dealkylation sites (tertiary alicyclic amines) is 1. The van der Waals surface area contributed by atoms with Crippen LogP contribution in [0.4, 0.5) is 4.39 Å². The van der Waals surface area contributed by atoms with E-state index in [1.807, 2.05) is 0 Å². The second kappa shape index (κ2) is 6.81. The summed E-state index contributed by atoms with van der Waals surface area (Å²) in [5.41, 5.74) is 5.91. The number of aliphatic hydroxyl groups excluding tert-OH is 1. The van der Waals surface area contributed by atoms with Gasteiger partial charge in [-0.1, -0.05) is 6.07 Å². The number of primary amides is 1. The van der Waals surface area contributed by atoms with E-state index in [4.69, 9.17) is 10.8 Å². The van der Waals surface area contributed by atoms with Crippen molar-refractivity contribution in [2.75, 3.05) is 19.7 Å². The van der Waals surface area contributed by atoms with E-state index in [1.54, 1.807) is 12.1 Å². The maximum Gasteiger partial charge on any atom is 0.248 e. The van der Waals surface area contributed by atoms with E-state index in [2.05, 4.69) is 4.90 Å². The Balaban J connectivity index is 2.00. The molecular formula is C15H21FN2O2. The number of rotatable bonds is 5. The molecule has 1 aliphatic heterocycles. The third-order valence-corrected chi connectivity index (χ3v) is 3.87. The van der Waals surface area contributed by atoms with E-state index in [9.17, 15) is 9.18 Å². The molecule has 0 bridgehead atoms. The summed E-state index contributed by atoms with van der Waals surface area (Å²) < 4.78 is 13.9. The van der Waals surface area contributed by atoms with Gasteiger partial charge in [0, 0.05) is 30.8 Å².